The molecule has 0 radical (unpaired) electrons. The largest absolute Gasteiger partial charge is 0.356 e. The molecule has 0 aromatic carbocycles. The van der Waals surface area contributed by atoms with Crippen LogP contribution in [0.4, 0.5) is 11.6 Å². The van der Waals surface area contributed by atoms with Gasteiger partial charge < -0.3 is 14.7 Å². The summed E-state index contributed by atoms with van der Waals surface area (Å²) in [4.78, 5) is 19.7. The van der Waals surface area contributed by atoms with Gasteiger partial charge in [-0.05, 0) is 43.9 Å². The van der Waals surface area contributed by atoms with Gasteiger partial charge in [-0.25, -0.2) is 0 Å². The Morgan fingerprint density at radius 1 is 1.07 bits per heavy atom. The first-order valence-corrected chi connectivity index (χ1v) is 10.4. The van der Waals surface area contributed by atoms with Crippen LogP contribution < -0.4 is 9.80 Å². The van der Waals surface area contributed by atoms with Crippen LogP contribution in [0.1, 0.15) is 42.6 Å². The molecule has 0 atom stereocenters. The Hall–Kier alpha value is -2.29. The molecule has 0 N–H and O–H groups in total. The smallest absolute Gasteiger partial charge is 0.267 e. The lowest BCUT2D eigenvalue weighted by molar-refractivity contribution is 0.0750. The Labute approximate surface area is 164 Å². The van der Waals surface area contributed by atoms with Gasteiger partial charge in [0.05, 0.1) is 5.69 Å². The summed E-state index contributed by atoms with van der Waals surface area (Å²) < 4.78 is 3.97. The molecule has 3 heterocycles. The predicted octanol–water partition coefficient (Wildman–Crippen LogP) is 2.09. The van der Waals surface area contributed by atoms with Gasteiger partial charge in [0.15, 0.2) is 11.6 Å². The van der Waals surface area contributed by atoms with Crippen molar-refractivity contribution in [1.29, 1.82) is 0 Å². The van der Waals surface area contributed by atoms with Crippen molar-refractivity contribution >= 4 is 29.1 Å². The van der Waals surface area contributed by atoms with E-state index >= 15 is 0 Å². The van der Waals surface area contributed by atoms with Crippen LogP contribution in [0, 0.1) is 0 Å². The van der Waals surface area contributed by atoms with Gasteiger partial charge in [-0.1, -0.05) is 17.8 Å². The average Bonchev–Trinajstić information content (AvgIpc) is 3.18. The van der Waals surface area contributed by atoms with Crippen molar-refractivity contribution in [2.24, 2.45) is 0 Å². The molecule has 1 fully saturated rings. The second kappa shape index (κ2) is 9.07. The highest BCUT2D eigenvalue weighted by atomic mass is 32.1. The van der Waals surface area contributed by atoms with Crippen LogP contribution in [0.3, 0.4) is 0 Å². The lowest BCUT2D eigenvalue weighted by atomic mass is 10.2. The summed E-state index contributed by atoms with van der Waals surface area (Å²) in [5, 5.41) is 12.9. The maximum atomic E-state index is 12.8. The van der Waals surface area contributed by atoms with Crippen molar-refractivity contribution in [1.82, 2.24) is 24.7 Å². The Balaban J connectivity index is 1.60. The molecule has 1 aliphatic heterocycles. The molecule has 0 bridgehead atoms. The van der Waals surface area contributed by atoms with Crippen LogP contribution >= 0.6 is 11.5 Å². The first kappa shape index (κ1) is 19.5. The van der Waals surface area contributed by atoms with Crippen molar-refractivity contribution in [3.63, 3.8) is 0 Å². The summed E-state index contributed by atoms with van der Waals surface area (Å²) in [6, 6.07) is 4.04. The van der Waals surface area contributed by atoms with Crippen LogP contribution in [-0.2, 0) is 6.42 Å². The SMILES string of the molecule is CCCc1nnsc1C(=O)N1CCN(c2ccc(N(CC)CC)nn2)CC1. The van der Waals surface area contributed by atoms with Crippen molar-refractivity contribution in [3.05, 3.63) is 22.7 Å². The lowest BCUT2D eigenvalue weighted by Gasteiger charge is -2.35. The molecule has 0 aliphatic carbocycles. The van der Waals surface area contributed by atoms with Gasteiger partial charge in [0.1, 0.15) is 4.88 Å². The topological polar surface area (TPSA) is 78.4 Å². The van der Waals surface area contributed by atoms with Gasteiger partial charge in [-0.15, -0.1) is 15.3 Å². The van der Waals surface area contributed by atoms with Gasteiger partial charge in [-0.3, -0.25) is 4.79 Å². The fraction of sp³-hybridized carbons (Fsp3) is 0.611. The van der Waals surface area contributed by atoms with Crippen LogP contribution in [0.2, 0.25) is 0 Å². The first-order valence-electron chi connectivity index (χ1n) is 9.62. The third kappa shape index (κ3) is 4.35. The molecule has 3 rings (SSSR count). The first-order chi connectivity index (χ1) is 13.2. The molecule has 1 saturated heterocycles. The number of amides is 1. The number of hydrogen-bond acceptors (Lipinski definition) is 8. The van der Waals surface area contributed by atoms with Gasteiger partial charge in [0, 0.05) is 39.3 Å². The number of hydrogen-bond donors (Lipinski definition) is 0. The van der Waals surface area contributed by atoms with E-state index in [2.05, 4.69) is 50.4 Å². The average molecular weight is 390 g/mol. The van der Waals surface area contributed by atoms with E-state index in [1.807, 2.05) is 17.0 Å². The third-order valence-corrected chi connectivity index (χ3v) is 5.61. The van der Waals surface area contributed by atoms with Crippen molar-refractivity contribution in [3.8, 4) is 0 Å². The summed E-state index contributed by atoms with van der Waals surface area (Å²) in [6.45, 7) is 11.0. The molecule has 1 aliphatic rings. The maximum Gasteiger partial charge on any atom is 0.267 e. The summed E-state index contributed by atoms with van der Waals surface area (Å²) >= 11 is 1.20. The van der Waals surface area contributed by atoms with Gasteiger partial charge in [-0.2, -0.15) is 0 Å². The van der Waals surface area contributed by atoms with E-state index in [1.165, 1.54) is 11.5 Å². The molecular weight excluding hydrogens is 362 g/mol. The fourth-order valence-electron chi connectivity index (χ4n) is 3.26. The van der Waals surface area contributed by atoms with E-state index in [1.54, 1.807) is 0 Å². The second-order valence-corrected chi connectivity index (χ2v) is 7.25. The molecule has 27 heavy (non-hydrogen) atoms. The van der Waals surface area contributed by atoms with E-state index in [0.717, 1.165) is 56.4 Å². The highest BCUT2D eigenvalue weighted by Crippen LogP contribution is 2.19. The number of nitrogens with zero attached hydrogens (tertiary/aromatic N) is 7. The molecule has 2 aromatic rings. The third-order valence-electron chi connectivity index (χ3n) is 4.85. The molecule has 146 valence electrons. The van der Waals surface area contributed by atoms with Gasteiger partial charge in [0.25, 0.3) is 5.91 Å². The molecule has 8 nitrogen and oxygen atoms in total. The number of piperazine rings is 1. The quantitative estimate of drug-likeness (QED) is 0.717. The Kier molecular flexibility index (Phi) is 6.54. The van der Waals surface area contributed by atoms with Crippen LogP contribution in [0.15, 0.2) is 12.1 Å². The van der Waals surface area contributed by atoms with E-state index < -0.39 is 0 Å². The number of carbonyl (C=O) groups is 1. The molecule has 9 heteroatoms. The Bertz CT molecular complexity index is 736. The van der Waals surface area contributed by atoms with Gasteiger partial charge >= 0.3 is 0 Å². The number of aryl methyl sites for hydroxylation is 1. The molecular formula is C18H27N7OS. The molecule has 0 spiro atoms. The zero-order valence-electron chi connectivity index (χ0n) is 16.3. The van der Waals surface area contributed by atoms with Crippen LogP contribution in [0.5, 0.6) is 0 Å². The fourth-order valence-corrected chi connectivity index (χ4v) is 3.93. The summed E-state index contributed by atoms with van der Waals surface area (Å²) in [7, 11) is 0. The summed E-state index contributed by atoms with van der Waals surface area (Å²) in [6.07, 6.45) is 1.76. The lowest BCUT2D eigenvalue weighted by Crippen LogP contribution is -2.49. The highest BCUT2D eigenvalue weighted by molar-refractivity contribution is 7.08. The highest BCUT2D eigenvalue weighted by Gasteiger charge is 2.26. The number of aromatic nitrogens is 4. The summed E-state index contributed by atoms with van der Waals surface area (Å²) in [5.74, 6) is 1.82. The monoisotopic (exact) mass is 389 g/mol. The van der Waals surface area contributed by atoms with E-state index in [0.29, 0.717) is 18.0 Å². The van der Waals surface area contributed by atoms with Crippen molar-refractivity contribution < 1.29 is 4.79 Å². The van der Waals surface area contributed by atoms with Crippen LogP contribution in [-0.4, -0.2) is 69.9 Å². The molecule has 2 aromatic heterocycles. The minimum absolute atomic E-state index is 0.0519. The Morgan fingerprint density at radius 3 is 2.41 bits per heavy atom. The van der Waals surface area contributed by atoms with E-state index in [4.69, 9.17) is 0 Å². The minimum Gasteiger partial charge on any atom is -0.356 e. The summed E-state index contributed by atoms with van der Waals surface area (Å²) in [5.41, 5.74) is 0.827. The molecule has 0 saturated carbocycles. The maximum absolute atomic E-state index is 12.8. The normalized spacial score (nSPS) is 14.5. The standard InChI is InChI=1S/C18H27N7OS/c1-4-7-14-17(27-22-19-14)18(26)25-12-10-24(11-13-25)16-9-8-15(20-21-16)23(5-2)6-3/h8-9H,4-7,10-13H2,1-3H3. The molecule has 0 unspecified atom stereocenters. The number of rotatable bonds is 7. The van der Waals surface area contributed by atoms with Gasteiger partial charge in [0.2, 0.25) is 0 Å². The number of anilines is 2. The zero-order valence-corrected chi connectivity index (χ0v) is 17.1. The van der Waals surface area contributed by atoms with Crippen molar-refractivity contribution in [2.45, 2.75) is 33.6 Å². The van der Waals surface area contributed by atoms with E-state index in [9.17, 15) is 4.79 Å². The van der Waals surface area contributed by atoms with Crippen molar-refractivity contribution in [2.75, 3.05) is 49.1 Å². The predicted molar refractivity (Wildman–Crippen MR) is 108 cm³/mol. The number of carbonyl (C=O) groups excluding carboxylic acids is 1. The Morgan fingerprint density at radius 2 is 1.81 bits per heavy atom. The van der Waals surface area contributed by atoms with Crippen LogP contribution in [0.25, 0.3) is 0 Å². The zero-order chi connectivity index (χ0) is 19.2. The molecule has 1 amide bonds. The van der Waals surface area contributed by atoms with E-state index in [-0.39, 0.29) is 5.91 Å². The second-order valence-electron chi connectivity index (χ2n) is 6.50. The minimum atomic E-state index is 0.0519.